The summed E-state index contributed by atoms with van der Waals surface area (Å²) in [5.41, 5.74) is 0. The van der Waals surface area contributed by atoms with Crippen molar-refractivity contribution in [1.29, 1.82) is 0 Å². The number of hydrogen-bond acceptors (Lipinski definition) is 3. The van der Waals surface area contributed by atoms with E-state index in [0.717, 1.165) is 11.3 Å². The molecule has 0 bridgehead atoms. The Morgan fingerprint density at radius 3 is 2.61 bits per heavy atom. The molecular formula is C17H24Cl2N2OS. The summed E-state index contributed by atoms with van der Waals surface area (Å²) in [6, 6.07) is 2.70. The maximum atomic E-state index is 12.7. The lowest BCUT2D eigenvalue weighted by atomic mass is 9.88. The minimum atomic E-state index is 0.177. The van der Waals surface area contributed by atoms with Crippen LogP contribution in [0.4, 0.5) is 0 Å². The van der Waals surface area contributed by atoms with E-state index in [9.17, 15) is 4.79 Å². The Hall–Kier alpha value is -0.290. The van der Waals surface area contributed by atoms with Crippen LogP contribution in [-0.4, -0.2) is 47.9 Å². The Morgan fingerprint density at radius 2 is 1.96 bits per heavy atom. The number of carbonyl (C=O) groups is 1. The van der Waals surface area contributed by atoms with E-state index in [-0.39, 0.29) is 5.91 Å². The molecule has 6 heteroatoms. The van der Waals surface area contributed by atoms with Gasteiger partial charge in [-0.25, -0.2) is 0 Å². The topological polar surface area (TPSA) is 23.6 Å². The van der Waals surface area contributed by atoms with E-state index in [1.54, 1.807) is 0 Å². The molecule has 3 nitrogen and oxygen atoms in total. The van der Waals surface area contributed by atoms with Crippen LogP contribution in [0.1, 0.15) is 43.4 Å². The van der Waals surface area contributed by atoms with E-state index in [2.05, 4.69) is 4.90 Å². The fourth-order valence-corrected chi connectivity index (χ4v) is 5.40. The second-order valence-electron chi connectivity index (χ2n) is 6.68. The van der Waals surface area contributed by atoms with E-state index >= 15 is 0 Å². The summed E-state index contributed by atoms with van der Waals surface area (Å²) in [7, 11) is 1.97. The van der Waals surface area contributed by atoms with Gasteiger partial charge in [-0.3, -0.25) is 9.69 Å². The average Bonchev–Trinajstić information content (AvgIpc) is 3.17. The Bertz CT molecular complexity index is 537. The van der Waals surface area contributed by atoms with Crippen LogP contribution in [0, 0.1) is 0 Å². The minimum absolute atomic E-state index is 0.177. The van der Waals surface area contributed by atoms with Gasteiger partial charge in [-0.2, -0.15) is 0 Å². The third-order valence-electron chi connectivity index (χ3n) is 5.22. The van der Waals surface area contributed by atoms with E-state index in [0.29, 0.717) is 27.9 Å². The average molecular weight is 375 g/mol. The quantitative estimate of drug-likeness (QED) is 0.776. The summed E-state index contributed by atoms with van der Waals surface area (Å²) < 4.78 is 0.574. The van der Waals surface area contributed by atoms with Crippen molar-refractivity contribution in [2.75, 3.05) is 20.1 Å². The molecule has 1 aliphatic heterocycles. The number of amides is 1. The normalized spacial score (nSPS) is 25.7. The molecule has 2 unspecified atom stereocenters. The number of hydrogen-bond donors (Lipinski definition) is 0. The molecule has 1 saturated heterocycles. The highest BCUT2D eigenvalue weighted by atomic mass is 35.5. The first-order chi connectivity index (χ1) is 11.1. The summed E-state index contributed by atoms with van der Waals surface area (Å²) >= 11 is 13.4. The zero-order chi connectivity index (χ0) is 16.4. The van der Waals surface area contributed by atoms with Crippen LogP contribution in [0.2, 0.25) is 9.36 Å². The fourth-order valence-electron chi connectivity index (χ4n) is 3.98. The Morgan fingerprint density at radius 1 is 1.26 bits per heavy atom. The molecule has 1 amide bonds. The van der Waals surface area contributed by atoms with Crippen LogP contribution in [-0.2, 0) is 11.2 Å². The molecule has 1 aromatic heterocycles. The summed E-state index contributed by atoms with van der Waals surface area (Å²) in [4.78, 5) is 18.3. The molecule has 2 fully saturated rings. The fraction of sp³-hybridized carbons (Fsp3) is 0.706. The van der Waals surface area contributed by atoms with Crippen LogP contribution in [0.5, 0.6) is 0 Å². The first-order valence-electron chi connectivity index (χ1n) is 8.49. The molecule has 2 heterocycles. The van der Waals surface area contributed by atoms with Gasteiger partial charge in [0.1, 0.15) is 4.34 Å². The van der Waals surface area contributed by atoms with Crippen molar-refractivity contribution in [3.63, 3.8) is 0 Å². The van der Waals surface area contributed by atoms with Crippen LogP contribution in [0.15, 0.2) is 6.07 Å². The van der Waals surface area contributed by atoms with Crippen molar-refractivity contribution in [2.45, 2.75) is 57.0 Å². The number of likely N-dealkylation sites (N-methyl/N-ethyl adjacent to an activating group) is 1. The zero-order valence-corrected chi connectivity index (χ0v) is 15.9. The van der Waals surface area contributed by atoms with Crippen molar-refractivity contribution in [2.24, 2.45) is 0 Å². The summed E-state index contributed by atoms with van der Waals surface area (Å²) in [5.74, 6) is 0.177. The second-order valence-corrected chi connectivity index (χ2v) is 8.82. The number of carbonyl (C=O) groups excluding carboxylic acids is 1. The molecule has 128 valence electrons. The molecule has 23 heavy (non-hydrogen) atoms. The smallest absolute Gasteiger partial charge is 0.227 e. The molecule has 1 aliphatic carbocycles. The van der Waals surface area contributed by atoms with Gasteiger partial charge in [0.05, 0.1) is 11.4 Å². The molecular weight excluding hydrogens is 351 g/mol. The van der Waals surface area contributed by atoms with Gasteiger partial charge in [-0.15, -0.1) is 11.3 Å². The first kappa shape index (κ1) is 17.5. The van der Waals surface area contributed by atoms with Crippen molar-refractivity contribution < 1.29 is 4.79 Å². The van der Waals surface area contributed by atoms with Gasteiger partial charge in [0, 0.05) is 24.0 Å². The Kier molecular flexibility index (Phi) is 5.89. The van der Waals surface area contributed by atoms with E-state index in [4.69, 9.17) is 23.2 Å². The molecule has 1 saturated carbocycles. The van der Waals surface area contributed by atoms with Gasteiger partial charge in [0.25, 0.3) is 0 Å². The molecule has 0 radical (unpaired) electrons. The minimum Gasteiger partial charge on any atom is -0.341 e. The lowest BCUT2D eigenvalue weighted by molar-refractivity contribution is -0.133. The summed E-state index contributed by atoms with van der Waals surface area (Å²) in [5, 5.41) is 0.551. The largest absolute Gasteiger partial charge is 0.341 e. The van der Waals surface area contributed by atoms with Crippen LogP contribution >= 0.6 is 34.5 Å². The number of thiophene rings is 1. The number of halogens is 2. The predicted molar refractivity (Wildman–Crippen MR) is 97.7 cm³/mol. The van der Waals surface area contributed by atoms with Gasteiger partial charge in [0.2, 0.25) is 5.91 Å². The summed E-state index contributed by atoms with van der Waals surface area (Å²) in [6.07, 6.45) is 7.85. The zero-order valence-electron chi connectivity index (χ0n) is 13.6. The highest BCUT2D eigenvalue weighted by molar-refractivity contribution is 7.17. The molecule has 3 rings (SSSR count). The third-order valence-corrected chi connectivity index (χ3v) is 7.08. The maximum absolute atomic E-state index is 12.7. The van der Waals surface area contributed by atoms with Crippen LogP contribution < -0.4 is 0 Å². The van der Waals surface area contributed by atoms with Crippen molar-refractivity contribution >= 4 is 40.4 Å². The number of rotatable bonds is 4. The molecule has 0 N–H and O–H groups in total. The van der Waals surface area contributed by atoms with Crippen molar-refractivity contribution in [1.82, 2.24) is 9.80 Å². The standard InChI is InChI=1S/C17H24Cl2N2OS/c1-20(16(22)11-12-10-13(18)17(19)23-12)14-6-2-3-7-15(14)21-8-4-5-9-21/h10,14-15H,2-9,11H2,1H3. The van der Waals surface area contributed by atoms with Gasteiger partial charge in [0.15, 0.2) is 0 Å². The Labute approximate surface area is 152 Å². The van der Waals surface area contributed by atoms with Crippen LogP contribution in [0.3, 0.4) is 0 Å². The lowest BCUT2D eigenvalue weighted by Crippen LogP contribution is -2.53. The molecule has 0 aromatic carbocycles. The predicted octanol–water partition coefficient (Wildman–Crippen LogP) is 4.46. The monoisotopic (exact) mass is 374 g/mol. The SMILES string of the molecule is CN(C(=O)Cc1cc(Cl)c(Cl)s1)C1CCCCC1N1CCCC1. The third kappa shape index (κ3) is 4.04. The van der Waals surface area contributed by atoms with Gasteiger partial charge < -0.3 is 4.90 Å². The highest BCUT2D eigenvalue weighted by Crippen LogP contribution is 2.33. The van der Waals surface area contributed by atoms with Gasteiger partial charge in [-0.1, -0.05) is 36.0 Å². The van der Waals surface area contributed by atoms with Gasteiger partial charge >= 0.3 is 0 Å². The first-order valence-corrected chi connectivity index (χ1v) is 10.1. The van der Waals surface area contributed by atoms with Crippen molar-refractivity contribution in [3.05, 3.63) is 20.3 Å². The van der Waals surface area contributed by atoms with Gasteiger partial charge in [-0.05, 0) is 44.8 Å². The van der Waals surface area contributed by atoms with Crippen LogP contribution in [0.25, 0.3) is 0 Å². The second kappa shape index (κ2) is 7.73. The Balaban J connectivity index is 1.66. The molecule has 1 aromatic rings. The van der Waals surface area contributed by atoms with E-state index < -0.39 is 0 Å². The molecule has 2 aliphatic rings. The lowest BCUT2D eigenvalue weighted by Gasteiger charge is -2.42. The van der Waals surface area contributed by atoms with E-state index in [1.807, 2.05) is 18.0 Å². The number of likely N-dealkylation sites (tertiary alicyclic amines) is 1. The maximum Gasteiger partial charge on any atom is 0.227 e. The molecule has 2 atom stereocenters. The highest BCUT2D eigenvalue weighted by Gasteiger charge is 2.35. The molecule has 0 spiro atoms. The summed E-state index contributed by atoms with van der Waals surface area (Å²) in [6.45, 7) is 2.39. The van der Waals surface area contributed by atoms with Crippen molar-refractivity contribution in [3.8, 4) is 0 Å². The van der Waals surface area contributed by atoms with E-state index in [1.165, 1.54) is 56.5 Å². The number of nitrogens with zero attached hydrogens (tertiary/aromatic N) is 2.